The van der Waals surface area contributed by atoms with Crippen molar-refractivity contribution in [2.75, 3.05) is 5.75 Å². The Morgan fingerprint density at radius 3 is 2.63 bits per heavy atom. The number of rotatable bonds is 5. The predicted molar refractivity (Wildman–Crippen MR) is 83.2 cm³/mol. The van der Waals surface area contributed by atoms with Crippen molar-refractivity contribution in [2.24, 2.45) is 0 Å². The molecule has 2 aromatic rings. The first-order valence-electron chi connectivity index (χ1n) is 5.93. The van der Waals surface area contributed by atoms with Gasteiger partial charge in [0.1, 0.15) is 0 Å². The summed E-state index contributed by atoms with van der Waals surface area (Å²) >= 11 is 4.96. The van der Waals surface area contributed by atoms with Gasteiger partial charge in [-0.05, 0) is 29.8 Å². The van der Waals surface area contributed by atoms with E-state index >= 15 is 0 Å². The van der Waals surface area contributed by atoms with Gasteiger partial charge in [-0.15, -0.1) is 11.8 Å². The number of carbonyl (C=O) groups is 1. The number of halogens is 1. The molecule has 0 aliphatic carbocycles. The molecule has 0 spiro atoms. The van der Waals surface area contributed by atoms with Gasteiger partial charge < -0.3 is 5.32 Å². The van der Waals surface area contributed by atoms with E-state index in [2.05, 4.69) is 21.2 Å². The number of carbonyl (C=O) groups excluding carboxylic acids is 1. The number of thioether (sulfide) groups is 1. The summed E-state index contributed by atoms with van der Waals surface area (Å²) in [4.78, 5) is 12.8. The third kappa shape index (κ3) is 5.09. The van der Waals surface area contributed by atoms with Crippen LogP contribution in [0.25, 0.3) is 0 Å². The van der Waals surface area contributed by atoms with E-state index in [9.17, 15) is 4.79 Å². The molecule has 0 heterocycles. The number of hydrogen-bond acceptors (Lipinski definition) is 2. The second-order valence-corrected chi connectivity index (χ2v) is 5.97. The van der Waals surface area contributed by atoms with E-state index in [1.54, 1.807) is 11.8 Å². The van der Waals surface area contributed by atoms with E-state index in [4.69, 9.17) is 0 Å². The van der Waals surface area contributed by atoms with Crippen molar-refractivity contribution in [1.82, 2.24) is 5.32 Å². The molecule has 2 rings (SSSR count). The van der Waals surface area contributed by atoms with Crippen molar-refractivity contribution in [2.45, 2.75) is 11.4 Å². The summed E-state index contributed by atoms with van der Waals surface area (Å²) in [7, 11) is 0. The van der Waals surface area contributed by atoms with Crippen LogP contribution in [0.5, 0.6) is 0 Å². The first kappa shape index (κ1) is 14.2. The zero-order valence-electron chi connectivity index (χ0n) is 10.3. The first-order chi connectivity index (χ1) is 9.24. The fourth-order valence-electron chi connectivity index (χ4n) is 1.56. The lowest BCUT2D eigenvalue weighted by Crippen LogP contribution is -2.24. The van der Waals surface area contributed by atoms with Crippen molar-refractivity contribution in [3.8, 4) is 0 Å². The minimum atomic E-state index is 0.0498. The Morgan fingerprint density at radius 1 is 1.11 bits per heavy atom. The standard InChI is InChI=1S/C15H14BrNOS/c16-13-6-4-5-12(9-13)10-17-15(18)11-19-14-7-2-1-3-8-14/h1-9H,10-11H2,(H,17,18). The van der Waals surface area contributed by atoms with Crippen LogP contribution in [0.3, 0.4) is 0 Å². The molecule has 0 bridgehead atoms. The molecule has 0 saturated heterocycles. The number of amides is 1. The average Bonchev–Trinajstić information content (AvgIpc) is 2.44. The maximum Gasteiger partial charge on any atom is 0.230 e. The molecule has 0 radical (unpaired) electrons. The van der Waals surface area contributed by atoms with Crippen molar-refractivity contribution >= 4 is 33.6 Å². The normalized spacial score (nSPS) is 10.2. The molecule has 0 aromatic heterocycles. The lowest BCUT2D eigenvalue weighted by Gasteiger charge is -2.05. The van der Waals surface area contributed by atoms with Crippen LogP contribution in [0.1, 0.15) is 5.56 Å². The van der Waals surface area contributed by atoms with Crippen molar-refractivity contribution in [1.29, 1.82) is 0 Å². The molecular weight excluding hydrogens is 322 g/mol. The SMILES string of the molecule is O=C(CSc1ccccc1)NCc1cccc(Br)c1. The van der Waals surface area contributed by atoms with E-state index in [-0.39, 0.29) is 5.91 Å². The number of hydrogen-bond donors (Lipinski definition) is 1. The van der Waals surface area contributed by atoms with E-state index in [0.717, 1.165) is 14.9 Å². The molecule has 0 saturated carbocycles. The van der Waals surface area contributed by atoms with Crippen LogP contribution in [0.15, 0.2) is 64.0 Å². The molecule has 2 aromatic carbocycles. The quantitative estimate of drug-likeness (QED) is 0.840. The molecule has 0 aliphatic rings. The molecule has 1 amide bonds. The Hall–Kier alpha value is -1.26. The van der Waals surface area contributed by atoms with E-state index in [1.165, 1.54) is 0 Å². The molecule has 1 N–H and O–H groups in total. The van der Waals surface area contributed by atoms with Crippen molar-refractivity contribution in [3.63, 3.8) is 0 Å². The molecule has 19 heavy (non-hydrogen) atoms. The molecule has 0 fully saturated rings. The monoisotopic (exact) mass is 335 g/mol. The first-order valence-corrected chi connectivity index (χ1v) is 7.71. The molecule has 98 valence electrons. The Morgan fingerprint density at radius 2 is 1.89 bits per heavy atom. The lowest BCUT2D eigenvalue weighted by atomic mass is 10.2. The summed E-state index contributed by atoms with van der Waals surface area (Å²) in [6.07, 6.45) is 0. The van der Waals surface area contributed by atoms with Gasteiger partial charge in [0.2, 0.25) is 5.91 Å². The fraction of sp³-hybridized carbons (Fsp3) is 0.133. The van der Waals surface area contributed by atoms with Crippen LogP contribution >= 0.6 is 27.7 Å². The third-order valence-electron chi connectivity index (χ3n) is 2.49. The Bertz CT molecular complexity index is 545. The predicted octanol–water partition coefficient (Wildman–Crippen LogP) is 3.86. The summed E-state index contributed by atoms with van der Waals surface area (Å²) in [6, 6.07) is 17.9. The summed E-state index contributed by atoms with van der Waals surface area (Å²) < 4.78 is 1.03. The summed E-state index contributed by atoms with van der Waals surface area (Å²) in [6.45, 7) is 0.563. The number of nitrogens with one attached hydrogen (secondary N) is 1. The van der Waals surface area contributed by atoms with E-state index in [0.29, 0.717) is 12.3 Å². The molecular formula is C15H14BrNOS. The Kier molecular flexibility index (Phi) is 5.48. The van der Waals surface area contributed by atoms with Crippen molar-refractivity contribution in [3.05, 3.63) is 64.6 Å². The maximum absolute atomic E-state index is 11.7. The smallest absolute Gasteiger partial charge is 0.230 e. The molecule has 0 atom stereocenters. The molecule has 4 heteroatoms. The van der Waals surface area contributed by atoms with Crippen LogP contribution in [0, 0.1) is 0 Å². The largest absolute Gasteiger partial charge is 0.351 e. The minimum Gasteiger partial charge on any atom is -0.351 e. The van der Waals surface area contributed by atoms with Gasteiger partial charge in [0.25, 0.3) is 0 Å². The highest BCUT2D eigenvalue weighted by Crippen LogP contribution is 2.16. The molecule has 0 aliphatic heterocycles. The third-order valence-corrected chi connectivity index (χ3v) is 4.00. The zero-order valence-corrected chi connectivity index (χ0v) is 12.7. The zero-order chi connectivity index (χ0) is 13.5. The average molecular weight is 336 g/mol. The summed E-state index contributed by atoms with van der Waals surface area (Å²) in [5, 5.41) is 2.92. The molecule has 2 nitrogen and oxygen atoms in total. The van der Waals surface area contributed by atoms with Gasteiger partial charge in [-0.3, -0.25) is 4.79 Å². The van der Waals surface area contributed by atoms with Crippen LogP contribution in [-0.2, 0) is 11.3 Å². The van der Waals surface area contributed by atoms with Crippen LogP contribution in [0.2, 0.25) is 0 Å². The minimum absolute atomic E-state index is 0.0498. The van der Waals surface area contributed by atoms with Crippen LogP contribution in [-0.4, -0.2) is 11.7 Å². The summed E-state index contributed by atoms with van der Waals surface area (Å²) in [5.41, 5.74) is 1.09. The van der Waals surface area contributed by atoms with Gasteiger partial charge in [-0.25, -0.2) is 0 Å². The highest BCUT2D eigenvalue weighted by atomic mass is 79.9. The second-order valence-electron chi connectivity index (χ2n) is 4.01. The van der Waals surface area contributed by atoms with E-state index < -0.39 is 0 Å². The molecule has 0 unspecified atom stereocenters. The van der Waals surface area contributed by atoms with Gasteiger partial charge in [-0.2, -0.15) is 0 Å². The Balaban J connectivity index is 1.76. The second kappa shape index (κ2) is 7.36. The topological polar surface area (TPSA) is 29.1 Å². The van der Waals surface area contributed by atoms with Crippen LogP contribution < -0.4 is 5.32 Å². The highest BCUT2D eigenvalue weighted by Gasteiger charge is 2.02. The van der Waals surface area contributed by atoms with Crippen molar-refractivity contribution < 1.29 is 4.79 Å². The fourth-order valence-corrected chi connectivity index (χ4v) is 2.76. The Labute approximate surface area is 125 Å². The lowest BCUT2D eigenvalue weighted by molar-refractivity contribution is -0.118. The highest BCUT2D eigenvalue weighted by molar-refractivity contribution is 9.10. The van der Waals surface area contributed by atoms with Crippen LogP contribution in [0.4, 0.5) is 0 Å². The van der Waals surface area contributed by atoms with Gasteiger partial charge in [0.15, 0.2) is 0 Å². The summed E-state index contributed by atoms with van der Waals surface area (Å²) in [5.74, 6) is 0.492. The number of benzene rings is 2. The van der Waals surface area contributed by atoms with Gasteiger partial charge in [-0.1, -0.05) is 46.3 Å². The van der Waals surface area contributed by atoms with Gasteiger partial charge >= 0.3 is 0 Å². The maximum atomic E-state index is 11.7. The van der Waals surface area contributed by atoms with Gasteiger partial charge in [0, 0.05) is 15.9 Å². The van der Waals surface area contributed by atoms with Gasteiger partial charge in [0.05, 0.1) is 5.75 Å². The van der Waals surface area contributed by atoms with E-state index in [1.807, 2.05) is 54.6 Å².